The second-order valence-corrected chi connectivity index (χ2v) is 4.91. The summed E-state index contributed by atoms with van der Waals surface area (Å²) < 4.78 is 0. The lowest BCUT2D eigenvalue weighted by Crippen LogP contribution is -2.23. The van der Waals surface area contributed by atoms with Gasteiger partial charge in [0.05, 0.1) is 0 Å². The van der Waals surface area contributed by atoms with Crippen molar-refractivity contribution in [2.75, 3.05) is 0 Å². The smallest absolute Gasteiger partial charge is 0.318 e. The van der Waals surface area contributed by atoms with Crippen LogP contribution in [0.15, 0.2) is 0 Å². The first-order valence-electron chi connectivity index (χ1n) is 4.10. The largest absolute Gasteiger partial charge is 0.480 e. The van der Waals surface area contributed by atoms with Crippen LogP contribution in [0.1, 0.15) is 32.6 Å². The van der Waals surface area contributed by atoms with E-state index in [-0.39, 0.29) is 4.83 Å². The summed E-state index contributed by atoms with van der Waals surface area (Å²) in [5.41, 5.74) is 0. The van der Waals surface area contributed by atoms with Gasteiger partial charge in [0.25, 0.3) is 0 Å². The zero-order valence-electron chi connectivity index (χ0n) is 7.09. The summed E-state index contributed by atoms with van der Waals surface area (Å²) in [5.74, 6) is -0.798. The number of halogens is 2. The average Bonchev–Trinajstić information content (AvgIpc) is 2.03. The molecule has 72 valence electrons. The number of unbranched alkanes of at least 4 members (excludes halogenated alkanes) is 2. The van der Waals surface area contributed by atoms with Crippen molar-refractivity contribution in [3.05, 3.63) is 0 Å². The van der Waals surface area contributed by atoms with Crippen LogP contribution in [-0.2, 0) is 4.79 Å². The predicted molar refractivity (Wildman–Crippen MR) is 57.2 cm³/mol. The van der Waals surface area contributed by atoms with Gasteiger partial charge in [0.2, 0.25) is 0 Å². The van der Waals surface area contributed by atoms with Gasteiger partial charge in [-0.1, -0.05) is 58.0 Å². The number of hydrogen-bond donors (Lipinski definition) is 1. The van der Waals surface area contributed by atoms with E-state index in [1.165, 1.54) is 12.8 Å². The molecule has 0 aromatic carbocycles. The van der Waals surface area contributed by atoms with Crippen LogP contribution in [0.25, 0.3) is 0 Å². The van der Waals surface area contributed by atoms with Crippen LogP contribution in [0.3, 0.4) is 0 Å². The number of aliphatic carboxylic acids is 1. The lowest BCUT2D eigenvalue weighted by Gasteiger charge is -2.11. The molecule has 0 spiro atoms. The fourth-order valence-electron chi connectivity index (χ4n) is 0.890. The Hall–Kier alpha value is 0.430. The molecular weight excluding hydrogens is 288 g/mol. The van der Waals surface area contributed by atoms with E-state index < -0.39 is 10.8 Å². The standard InChI is InChI=1S/C8H14Br2O2/c1-2-3-4-5-6(9)7(10)8(11)12/h6-7H,2-5H2,1H3,(H,11,12). The third-order valence-corrected chi connectivity index (χ3v) is 4.36. The maximum absolute atomic E-state index is 10.5. The molecule has 0 aliphatic rings. The van der Waals surface area contributed by atoms with Gasteiger partial charge >= 0.3 is 5.97 Å². The highest BCUT2D eigenvalue weighted by Gasteiger charge is 2.21. The molecular formula is C8H14Br2O2. The van der Waals surface area contributed by atoms with E-state index in [0.717, 1.165) is 12.8 Å². The fraction of sp³-hybridized carbons (Fsp3) is 0.875. The van der Waals surface area contributed by atoms with Crippen LogP contribution < -0.4 is 0 Å². The molecule has 0 bridgehead atoms. The van der Waals surface area contributed by atoms with Crippen LogP contribution in [-0.4, -0.2) is 20.7 Å². The summed E-state index contributed by atoms with van der Waals surface area (Å²) in [6.07, 6.45) is 4.33. The van der Waals surface area contributed by atoms with Crippen molar-refractivity contribution < 1.29 is 9.90 Å². The zero-order valence-corrected chi connectivity index (χ0v) is 10.3. The monoisotopic (exact) mass is 300 g/mol. The van der Waals surface area contributed by atoms with E-state index in [9.17, 15) is 4.79 Å². The topological polar surface area (TPSA) is 37.3 Å². The molecule has 0 fully saturated rings. The van der Waals surface area contributed by atoms with Crippen LogP contribution in [0.2, 0.25) is 0 Å². The summed E-state index contributed by atoms with van der Waals surface area (Å²) >= 11 is 6.46. The van der Waals surface area contributed by atoms with E-state index in [4.69, 9.17) is 5.11 Å². The summed E-state index contributed by atoms with van der Waals surface area (Å²) in [4.78, 5) is 10.1. The van der Waals surface area contributed by atoms with Gasteiger partial charge in [-0.25, -0.2) is 0 Å². The van der Waals surface area contributed by atoms with Crippen molar-refractivity contribution >= 4 is 37.8 Å². The van der Waals surface area contributed by atoms with Crippen molar-refractivity contribution in [2.24, 2.45) is 0 Å². The molecule has 2 unspecified atom stereocenters. The molecule has 0 rings (SSSR count). The lowest BCUT2D eigenvalue weighted by atomic mass is 10.1. The normalized spacial score (nSPS) is 15.6. The number of carbonyl (C=O) groups is 1. The van der Waals surface area contributed by atoms with Crippen molar-refractivity contribution in [3.8, 4) is 0 Å². The van der Waals surface area contributed by atoms with Gasteiger partial charge in [0, 0.05) is 4.83 Å². The minimum absolute atomic E-state index is 0.0431. The molecule has 12 heavy (non-hydrogen) atoms. The predicted octanol–water partition coefficient (Wildman–Crippen LogP) is 3.18. The molecule has 1 N–H and O–H groups in total. The van der Waals surface area contributed by atoms with Crippen molar-refractivity contribution in [3.63, 3.8) is 0 Å². The lowest BCUT2D eigenvalue weighted by molar-refractivity contribution is -0.136. The molecule has 0 amide bonds. The molecule has 0 heterocycles. The second kappa shape index (κ2) is 6.89. The number of carboxylic acid groups (broad SMARTS) is 1. The third kappa shape index (κ3) is 5.14. The van der Waals surface area contributed by atoms with Crippen LogP contribution in [0.5, 0.6) is 0 Å². The van der Waals surface area contributed by atoms with Crippen molar-refractivity contribution in [1.82, 2.24) is 0 Å². The number of carboxylic acids is 1. The molecule has 0 saturated carbocycles. The van der Waals surface area contributed by atoms with Gasteiger partial charge in [-0.2, -0.15) is 0 Å². The van der Waals surface area contributed by atoms with Gasteiger partial charge in [-0.05, 0) is 6.42 Å². The van der Waals surface area contributed by atoms with Gasteiger partial charge in [-0.15, -0.1) is 0 Å². The summed E-state index contributed by atoms with van der Waals surface area (Å²) in [6, 6.07) is 0. The Morgan fingerprint density at radius 2 is 2.00 bits per heavy atom. The van der Waals surface area contributed by atoms with Crippen LogP contribution >= 0.6 is 31.9 Å². The Morgan fingerprint density at radius 3 is 2.42 bits per heavy atom. The SMILES string of the molecule is CCCCCC(Br)C(Br)C(=O)O. The maximum Gasteiger partial charge on any atom is 0.318 e. The zero-order chi connectivity index (χ0) is 9.56. The fourth-order valence-corrected chi connectivity index (χ4v) is 1.70. The minimum atomic E-state index is -0.798. The highest BCUT2D eigenvalue weighted by molar-refractivity contribution is 9.12. The first-order valence-corrected chi connectivity index (χ1v) is 5.93. The Morgan fingerprint density at radius 1 is 1.42 bits per heavy atom. The van der Waals surface area contributed by atoms with E-state index in [2.05, 4.69) is 38.8 Å². The number of rotatable bonds is 6. The Labute approximate surface area is 90.0 Å². The molecule has 0 aliphatic carbocycles. The third-order valence-electron chi connectivity index (χ3n) is 1.64. The van der Waals surface area contributed by atoms with E-state index in [1.54, 1.807) is 0 Å². The molecule has 0 radical (unpaired) electrons. The highest BCUT2D eigenvalue weighted by atomic mass is 79.9. The molecule has 4 heteroatoms. The summed E-state index contributed by atoms with van der Waals surface area (Å²) in [6.45, 7) is 2.13. The van der Waals surface area contributed by atoms with E-state index in [1.807, 2.05) is 0 Å². The average molecular weight is 302 g/mol. The van der Waals surface area contributed by atoms with E-state index >= 15 is 0 Å². The molecule has 0 aromatic heterocycles. The highest BCUT2D eigenvalue weighted by Crippen LogP contribution is 2.20. The Bertz CT molecular complexity index is 139. The maximum atomic E-state index is 10.5. The number of hydrogen-bond acceptors (Lipinski definition) is 1. The number of alkyl halides is 2. The van der Waals surface area contributed by atoms with E-state index in [0.29, 0.717) is 0 Å². The molecule has 0 aromatic rings. The molecule has 0 saturated heterocycles. The Balaban J connectivity index is 3.56. The Kier molecular flexibility index (Phi) is 7.14. The minimum Gasteiger partial charge on any atom is -0.480 e. The van der Waals surface area contributed by atoms with Gasteiger partial charge < -0.3 is 5.11 Å². The van der Waals surface area contributed by atoms with Crippen molar-refractivity contribution in [1.29, 1.82) is 0 Å². The van der Waals surface area contributed by atoms with Crippen molar-refractivity contribution in [2.45, 2.75) is 42.3 Å². The molecule has 2 nitrogen and oxygen atoms in total. The van der Waals surface area contributed by atoms with Gasteiger partial charge in [0.1, 0.15) is 4.83 Å². The summed E-state index contributed by atoms with van der Waals surface area (Å²) in [5, 5.41) is 8.63. The first-order chi connectivity index (χ1) is 5.59. The van der Waals surface area contributed by atoms with Crippen LogP contribution in [0.4, 0.5) is 0 Å². The van der Waals surface area contributed by atoms with Gasteiger partial charge in [-0.3, -0.25) is 4.79 Å². The molecule has 2 atom stereocenters. The van der Waals surface area contributed by atoms with Crippen LogP contribution in [0, 0.1) is 0 Å². The summed E-state index contributed by atoms with van der Waals surface area (Å²) in [7, 11) is 0. The van der Waals surface area contributed by atoms with Gasteiger partial charge in [0.15, 0.2) is 0 Å². The second-order valence-electron chi connectivity index (χ2n) is 2.75. The molecule has 0 aliphatic heterocycles. The quantitative estimate of drug-likeness (QED) is 0.604. The first kappa shape index (κ1) is 12.4.